The first-order valence-corrected chi connectivity index (χ1v) is 3.71. The van der Waals surface area contributed by atoms with Crippen LogP contribution in [0, 0.1) is 11.3 Å². The first-order chi connectivity index (χ1) is 6.32. The molecule has 0 aliphatic heterocycles. The molecule has 0 fully saturated rings. The van der Waals surface area contributed by atoms with Crippen molar-refractivity contribution < 1.29 is 13.2 Å². The Kier molecular flexibility index (Phi) is 4.38. The van der Waals surface area contributed by atoms with Crippen LogP contribution in [0.2, 0.25) is 0 Å². The summed E-state index contributed by atoms with van der Waals surface area (Å²) in [7, 11) is 1.26. The average Bonchev–Trinajstić information content (AvgIpc) is 2.04. The van der Waals surface area contributed by atoms with Gasteiger partial charge in [0.2, 0.25) is 0 Å². The van der Waals surface area contributed by atoms with Gasteiger partial charge in [0.1, 0.15) is 6.07 Å². The molecule has 0 unspecified atom stereocenters. The molecule has 0 radical (unpaired) electrons. The van der Waals surface area contributed by atoms with Crippen LogP contribution < -0.4 is 0 Å². The lowest BCUT2D eigenvalue weighted by atomic mass is 10.2. The van der Waals surface area contributed by atoms with Crippen molar-refractivity contribution in [3.63, 3.8) is 0 Å². The summed E-state index contributed by atoms with van der Waals surface area (Å²) in [6, 6.07) is 1.55. The third-order valence-corrected chi connectivity index (χ3v) is 1.51. The van der Waals surface area contributed by atoms with Gasteiger partial charge in [-0.15, -0.1) is 0 Å². The van der Waals surface area contributed by atoms with E-state index in [9.17, 15) is 13.2 Å². The van der Waals surface area contributed by atoms with Gasteiger partial charge in [0, 0.05) is 12.6 Å². The molecule has 0 aromatic carbocycles. The van der Waals surface area contributed by atoms with Crippen molar-refractivity contribution in [3.8, 4) is 6.07 Å². The predicted octanol–water partition coefficient (Wildman–Crippen LogP) is 2.82. The minimum atomic E-state index is -4.55. The van der Waals surface area contributed by atoms with Crippen LogP contribution in [0.3, 0.4) is 0 Å². The zero-order chi connectivity index (χ0) is 11.4. The molecule has 0 rings (SSSR count). The van der Waals surface area contributed by atoms with Gasteiger partial charge in [-0.1, -0.05) is 18.2 Å². The van der Waals surface area contributed by atoms with Gasteiger partial charge < -0.3 is 0 Å². The lowest BCUT2D eigenvalue weighted by molar-refractivity contribution is -0.0878. The number of hydrogen-bond acceptors (Lipinski definition) is 2. The lowest BCUT2D eigenvalue weighted by Crippen LogP contribution is -2.09. The summed E-state index contributed by atoms with van der Waals surface area (Å²) in [6.07, 6.45) is -3.98. The predicted molar refractivity (Wildman–Crippen MR) is 48.1 cm³/mol. The fourth-order valence-corrected chi connectivity index (χ4v) is 0.772. The molecular formula is C8H6ClF3N2. The molecule has 0 bridgehead atoms. The Labute approximate surface area is 84.0 Å². The molecule has 6 heteroatoms. The number of nitrogens with zero attached hydrogens (tertiary/aromatic N) is 2. The van der Waals surface area contributed by atoms with Crippen LogP contribution in [0.5, 0.6) is 0 Å². The van der Waals surface area contributed by atoms with E-state index in [0.29, 0.717) is 6.08 Å². The van der Waals surface area contributed by atoms with Crippen molar-refractivity contribution in [3.05, 3.63) is 23.3 Å². The summed E-state index contributed by atoms with van der Waals surface area (Å²) >= 11 is 5.40. The first kappa shape index (κ1) is 12.7. The van der Waals surface area contributed by atoms with Gasteiger partial charge in [-0.05, 0) is 6.08 Å². The molecule has 0 aromatic heterocycles. The zero-order valence-electron chi connectivity index (χ0n) is 7.19. The molecule has 0 saturated heterocycles. The molecule has 0 spiro atoms. The van der Waals surface area contributed by atoms with Crippen LogP contribution in [0.25, 0.3) is 0 Å². The van der Waals surface area contributed by atoms with Crippen LogP contribution >= 0.6 is 11.6 Å². The maximum Gasteiger partial charge on any atom is 0.415 e. The van der Waals surface area contributed by atoms with Crippen LogP contribution in [0.1, 0.15) is 0 Å². The number of hydrogen-bond donors (Lipinski definition) is 0. The second kappa shape index (κ2) is 4.82. The van der Waals surface area contributed by atoms with Gasteiger partial charge in [0.15, 0.2) is 5.71 Å². The summed E-state index contributed by atoms with van der Waals surface area (Å²) in [4.78, 5) is 3.39. The Morgan fingerprint density at radius 1 is 1.57 bits per heavy atom. The summed E-state index contributed by atoms with van der Waals surface area (Å²) in [5.74, 6) is 0. The molecule has 0 aliphatic carbocycles. The number of aliphatic imine (C=N–C) groups is 1. The first-order valence-electron chi connectivity index (χ1n) is 3.33. The van der Waals surface area contributed by atoms with Gasteiger partial charge in [-0.3, -0.25) is 4.99 Å². The molecular weight excluding hydrogens is 217 g/mol. The number of rotatable bonds is 2. The summed E-state index contributed by atoms with van der Waals surface area (Å²) in [5.41, 5.74) is -1.39. The monoisotopic (exact) mass is 222 g/mol. The van der Waals surface area contributed by atoms with Crippen molar-refractivity contribution in [2.24, 2.45) is 4.99 Å². The van der Waals surface area contributed by atoms with Gasteiger partial charge in [-0.25, -0.2) is 0 Å². The van der Waals surface area contributed by atoms with Crippen LogP contribution in [0.4, 0.5) is 13.2 Å². The van der Waals surface area contributed by atoms with E-state index < -0.39 is 11.7 Å². The van der Waals surface area contributed by atoms with E-state index >= 15 is 0 Å². The standard InChI is InChI=1S/C8H6ClF3N2/c1-5(8(10,11)12)3-6(9)7(4-13)14-2/h3H,1H2,2H3/b6-3+,14-7?. The van der Waals surface area contributed by atoms with E-state index in [2.05, 4.69) is 11.6 Å². The van der Waals surface area contributed by atoms with Crippen LogP contribution in [-0.4, -0.2) is 18.9 Å². The largest absolute Gasteiger partial charge is 0.415 e. The number of nitriles is 1. The number of halogens is 4. The van der Waals surface area contributed by atoms with E-state index in [1.165, 1.54) is 7.05 Å². The molecule has 0 saturated carbocycles. The third kappa shape index (κ3) is 3.62. The minimum absolute atomic E-state index is 0.267. The Morgan fingerprint density at radius 3 is 2.36 bits per heavy atom. The Balaban J connectivity index is 4.89. The second-order valence-electron chi connectivity index (χ2n) is 2.20. The second-order valence-corrected chi connectivity index (χ2v) is 2.61. The number of alkyl halides is 3. The maximum atomic E-state index is 12.0. The summed E-state index contributed by atoms with van der Waals surface area (Å²) in [6.45, 7) is 2.77. The highest BCUT2D eigenvalue weighted by molar-refractivity contribution is 6.46. The normalized spacial score (nSPS) is 13.7. The highest BCUT2D eigenvalue weighted by Crippen LogP contribution is 2.26. The molecule has 2 nitrogen and oxygen atoms in total. The van der Waals surface area contributed by atoms with Gasteiger partial charge in [0.05, 0.1) is 5.03 Å². The van der Waals surface area contributed by atoms with E-state index in [1.54, 1.807) is 6.07 Å². The number of allylic oxidation sites excluding steroid dienone is 3. The Bertz CT molecular complexity index is 333. The van der Waals surface area contributed by atoms with E-state index in [-0.39, 0.29) is 10.7 Å². The molecule has 0 heterocycles. The van der Waals surface area contributed by atoms with Gasteiger partial charge in [-0.2, -0.15) is 18.4 Å². The molecule has 0 atom stereocenters. The molecule has 0 N–H and O–H groups in total. The molecule has 0 aliphatic rings. The molecule has 76 valence electrons. The summed E-state index contributed by atoms with van der Waals surface area (Å²) in [5, 5.41) is 8.02. The van der Waals surface area contributed by atoms with Crippen molar-refractivity contribution in [2.45, 2.75) is 6.18 Å². The molecule has 0 amide bonds. The lowest BCUT2D eigenvalue weighted by Gasteiger charge is -2.05. The molecule has 14 heavy (non-hydrogen) atoms. The van der Waals surface area contributed by atoms with E-state index in [4.69, 9.17) is 16.9 Å². The van der Waals surface area contributed by atoms with Gasteiger partial charge >= 0.3 is 6.18 Å². The van der Waals surface area contributed by atoms with Crippen molar-refractivity contribution >= 4 is 17.3 Å². The van der Waals surface area contributed by atoms with Crippen LogP contribution in [-0.2, 0) is 0 Å². The highest BCUT2D eigenvalue weighted by atomic mass is 35.5. The minimum Gasteiger partial charge on any atom is -0.276 e. The van der Waals surface area contributed by atoms with E-state index in [0.717, 1.165) is 0 Å². The quantitative estimate of drug-likeness (QED) is 0.523. The van der Waals surface area contributed by atoms with Crippen molar-refractivity contribution in [1.82, 2.24) is 0 Å². The van der Waals surface area contributed by atoms with Crippen LogP contribution in [0.15, 0.2) is 28.3 Å². The Morgan fingerprint density at radius 2 is 2.07 bits per heavy atom. The maximum absolute atomic E-state index is 12.0. The van der Waals surface area contributed by atoms with Gasteiger partial charge in [0.25, 0.3) is 0 Å². The average molecular weight is 223 g/mol. The smallest absolute Gasteiger partial charge is 0.276 e. The van der Waals surface area contributed by atoms with E-state index in [1.807, 2.05) is 0 Å². The molecule has 0 aromatic rings. The third-order valence-electron chi connectivity index (χ3n) is 1.22. The van der Waals surface area contributed by atoms with Crippen molar-refractivity contribution in [1.29, 1.82) is 5.26 Å². The van der Waals surface area contributed by atoms with Crippen molar-refractivity contribution in [2.75, 3.05) is 7.05 Å². The SMILES string of the molecule is C=C(/C=C(/Cl)C(C#N)=NC)C(F)(F)F. The fraction of sp³-hybridized carbons (Fsp3) is 0.250. The highest BCUT2D eigenvalue weighted by Gasteiger charge is 2.30. The fourth-order valence-electron chi connectivity index (χ4n) is 0.513. The summed E-state index contributed by atoms with van der Waals surface area (Å²) < 4.78 is 35.9. The zero-order valence-corrected chi connectivity index (χ0v) is 7.95. The Hall–Kier alpha value is -1.28. The topological polar surface area (TPSA) is 36.1 Å².